The maximum Gasteiger partial charge on any atom is 0.135 e. The van der Waals surface area contributed by atoms with Crippen molar-refractivity contribution in [2.45, 2.75) is 0 Å². The summed E-state index contributed by atoms with van der Waals surface area (Å²) < 4.78 is 8.70. The highest BCUT2D eigenvalue weighted by atomic mass is 16.3. The Labute approximate surface area is 267 Å². The summed E-state index contributed by atoms with van der Waals surface area (Å²) >= 11 is 0. The summed E-state index contributed by atoms with van der Waals surface area (Å²) in [5.74, 6) is 0. The molecule has 9 rings (SSSR count). The Morgan fingerprint density at radius 3 is 1.85 bits per heavy atom. The average Bonchev–Trinajstić information content (AvgIpc) is 3.67. The highest BCUT2D eigenvalue weighted by molar-refractivity contribution is 6.10. The highest BCUT2D eigenvalue weighted by Crippen LogP contribution is 2.39. The van der Waals surface area contributed by atoms with Crippen molar-refractivity contribution in [2.24, 2.45) is 0 Å². The van der Waals surface area contributed by atoms with Crippen LogP contribution in [0.2, 0.25) is 0 Å². The van der Waals surface area contributed by atoms with Crippen LogP contribution in [-0.4, -0.2) is 11.6 Å². The van der Waals surface area contributed by atoms with Gasteiger partial charge in [0.25, 0.3) is 0 Å². The van der Waals surface area contributed by atoms with Gasteiger partial charge in [0.2, 0.25) is 0 Å². The largest absolute Gasteiger partial charge is 0.456 e. The number of nitrogens with zero attached hydrogens (tertiary/aromatic N) is 2. The lowest BCUT2D eigenvalue weighted by atomic mass is 10.0. The second kappa shape index (κ2) is 10.5. The molecule has 0 aliphatic carbocycles. The molecular formula is C43H30N2O. The molecule has 46 heavy (non-hydrogen) atoms. The van der Waals surface area contributed by atoms with Crippen LogP contribution in [0.4, 0.5) is 11.4 Å². The van der Waals surface area contributed by atoms with Crippen LogP contribution in [0.3, 0.4) is 0 Å². The molecule has 3 heteroatoms. The molecule has 0 N–H and O–H groups in total. The summed E-state index contributed by atoms with van der Waals surface area (Å²) in [6, 6.07) is 58.3. The minimum absolute atomic E-state index is 0.889. The van der Waals surface area contributed by atoms with E-state index >= 15 is 0 Å². The third kappa shape index (κ3) is 4.21. The summed E-state index contributed by atoms with van der Waals surface area (Å²) in [5, 5.41) is 4.75. The Morgan fingerprint density at radius 1 is 0.457 bits per heavy atom. The zero-order valence-electron chi connectivity index (χ0n) is 25.4. The van der Waals surface area contributed by atoms with Crippen LogP contribution < -0.4 is 4.90 Å². The first kappa shape index (κ1) is 26.4. The molecule has 0 aliphatic heterocycles. The van der Waals surface area contributed by atoms with Gasteiger partial charge in [0.15, 0.2) is 0 Å². The van der Waals surface area contributed by atoms with Gasteiger partial charge >= 0.3 is 0 Å². The van der Waals surface area contributed by atoms with Crippen molar-refractivity contribution in [3.8, 4) is 27.9 Å². The number of para-hydroxylation sites is 3. The number of anilines is 2. The fourth-order valence-electron chi connectivity index (χ4n) is 6.95. The summed E-state index contributed by atoms with van der Waals surface area (Å²) in [5.41, 5.74) is 12.3. The first-order valence-electron chi connectivity index (χ1n) is 15.7. The normalized spacial score (nSPS) is 11.6. The molecule has 0 atom stereocenters. The van der Waals surface area contributed by atoms with Crippen molar-refractivity contribution >= 4 is 55.1 Å². The van der Waals surface area contributed by atoms with Crippen molar-refractivity contribution in [1.29, 1.82) is 0 Å². The predicted molar refractivity (Wildman–Crippen MR) is 193 cm³/mol. The molecule has 7 aromatic carbocycles. The van der Waals surface area contributed by atoms with E-state index in [9.17, 15) is 0 Å². The lowest BCUT2D eigenvalue weighted by Gasteiger charge is -2.23. The van der Waals surface area contributed by atoms with E-state index in [0.717, 1.165) is 44.6 Å². The van der Waals surface area contributed by atoms with Gasteiger partial charge in [0, 0.05) is 51.2 Å². The van der Waals surface area contributed by atoms with Crippen LogP contribution in [0, 0.1) is 0 Å². The van der Waals surface area contributed by atoms with Gasteiger partial charge in [-0.05, 0) is 77.4 Å². The molecule has 2 aromatic heterocycles. The van der Waals surface area contributed by atoms with Crippen LogP contribution in [0.15, 0.2) is 168 Å². The van der Waals surface area contributed by atoms with Gasteiger partial charge in [0.05, 0.1) is 11.0 Å². The third-order valence-electron chi connectivity index (χ3n) is 9.21. The monoisotopic (exact) mass is 590 g/mol. The second-order valence-electron chi connectivity index (χ2n) is 11.9. The van der Waals surface area contributed by atoms with Gasteiger partial charge in [-0.25, -0.2) is 0 Å². The van der Waals surface area contributed by atoms with Gasteiger partial charge in [0.1, 0.15) is 11.2 Å². The number of benzene rings is 7. The number of rotatable bonds is 5. The van der Waals surface area contributed by atoms with Gasteiger partial charge in [-0.2, -0.15) is 0 Å². The first-order chi connectivity index (χ1) is 22.7. The third-order valence-corrected chi connectivity index (χ3v) is 9.21. The SMILES string of the molecule is CN(c1ccc2oc3ccc(-c4cccc(-n5c6ccccc6c6ccccc65)c4)cc3c2c1)c1ccccc1-c1ccccc1. The van der Waals surface area contributed by atoms with Crippen LogP contribution in [-0.2, 0) is 0 Å². The topological polar surface area (TPSA) is 21.3 Å². The molecule has 0 spiro atoms. The number of hydrogen-bond donors (Lipinski definition) is 0. The molecule has 0 unspecified atom stereocenters. The Bertz CT molecular complexity index is 2500. The Hall–Kier alpha value is -6.06. The van der Waals surface area contributed by atoms with E-state index in [2.05, 4.69) is 180 Å². The molecule has 0 aliphatic rings. The summed E-state index contributed by atoms with van der Waals surface area (Å²) in [7, 11) is 2.14. The maximum absolute atomic E-state index is 6.33. The molecule has 0 fully saturated rings. The summed E-state index contributed by atoms with van der Waals surface area (Å²) in [6.45, 7) is 0. The number of aromatic nitrogens is 1. The van der Waals surface area contributed by atoms with Crippen LogP contribution in [0.5, 0.6) is 0 Å². The van der Waals surface area contributed by atoms with E-state index < -0.39 is 0 Å². The Kier molecular flexibility index (Phi) is 6.04. The quantitative estimate of drug-likeness (QED) is 0.199. The second-order valence-corrected chi connectivity index (χ2v) is 11.9. The van der Waals surface area contributed by atoms with Crippen molar-refractivity contribution in [3.05, 3.63) is 164 Å². The zero-order valence-corrected chi connectivity index (χ0v) is 25.4. The Morgan fingerprint density at radius 2 is 1.07 bits per heavy atom. The van der Waals surface area contributed by atoms with Gasteiger partial charge in [-0.3, -0.25) is 0 Å². The fraction of sp³-hybridized carbons (Fsp3) is 0.0233. The van der Waals surface area contributed by atoms with Crippen LogP contribution in [0.25, 0.3) is 71.7 Å². The zero-order chi connectivity index (χ0) is 30.6. The standard InChI is InChI=1S/C43H30N2O/c1-44(39-19-8-5-16-34(39)29-12-3-2-4-13-29)32-23-25-43-38(28-32)37-27-31(22-24-42(37)46-43)30-14-11-15-33(26-30)45-40-20-9-6-17-35(40)36-18-7-10-21-41(36)45/h2-28H,1H3. The van der Waals surface area contributed by atoms with Crippen molar-refractivity contribution < 1.29 is 4.42 Å². The number of fused-ring (bicyclic) bond motifs is 6. The number of furan rings is 1. The fourth-order valence-corrected chi connectivity index (χ4v) is 6.95. The molecule has 0 bridgehead atoms. The molecule has 9 aromatic rings. The Balaban J connectivity index is 1.14. The lowest BCUT2D eigenvalue weighted by molar-refractivity contribution is 0.669. The van der Waals surface area contributed by atoms with Crippen molar-refractivity contribution in [3.63, 3.8) is 0 Å². The molecule has 0 amide bonds. The van der Waals surface area contributed by atoms with Crippen molar-refractivity contribution in [1.82, 2.24) is 4.57 Å². The number of hydrogen-bond acceptors (Lipinski definition) is 2. The van der Waals surface area contributed by atoms with E-state index in [4.69, 9.17) is 4.42 Å². The van der Waals surface area contributed by atoms with Gasteiger partial charge in [-0.15, -0.1) is 0 Å². The maximum atomic E-state index is 6.33. The molecular weight excluding hydrogens is 560 g/mol. The predicted octanol–water partition coefficient (Wildman–Crippen LogP) is 11.8. The molecule has 0 radical (unpaired) electrons. The molecule has 0 saturated heterocycles. The minimum Gasteiger partial charge on any atom is -0.456 e. The first-order valence-corrected chi connectivity index (χ1v) is 15.7. The van der Waals surface area contributed by atoms with Crippen LogP contribution >= 0.6 is 0 Å². The van der Waals surface area contributed by atoms with Crippen LogP contribution in [0.1, 0.15) is 0 Å². The van der Waals surface area contributed by atoms with Crippen molar-refractivity contribution in [2.75, 3.05) is 11.9 Å². The lowest BCUT2D eigenvalue weighted by Crippen LogP contribution is -2.10. The van der Waals surface area contributed by atoms with E-state index in [-0.39, 0.29) is 0 Å². The average molecular weight is 591 g/mol. The van der Waals surface area contributed by atoms with E-state index in [1.165, 1.54) is 38.5 Å². The smallest absolute Gasteiger partial charge is 0.135 e. The van der Waals surface area contributed by atoms with E-state index in [1.54, 1.807) is 0 Å². The molecule has 218 valence electrons. The molecule has 3 nitrogen and oxygen atoms in total. The van der Waals surface area contributed by atoms with E-state index in [0.29, 0.717) is 0 Å². The summed E-state index contributed by atoms with van der Waals surface area (Å²) in [6.07, 6.45) is 0. The van der Waals surface area contributed by atoms with Gasteiger partial charge in [-0.1, -0.05) is 103 Å². The molecule has 0 saturated carbocycles. The molecule has 2 heterocycles. The highest BCUT2D eigenvalue weighted by Gasteiger charge is 2.16. The summed E-state index contributed by atoms with van der Waals surface area (Å²) in [4.78, 5) is 2.26. The van der Waals surface area contributed by atoms with Gasteiger partial charge < -0.3 is 13.9 Å². The minimum atomic E-state index is 0.889. The van der Waals surface area contributed by atoms with E-state index in [1.807, 2.05) is 0 Å².